The molecule has 0 aromatic carbocycles. The van der Waals surface area contributed by atoms with Gasteiger partial charge in [-0.2, -0.15) is 0 Å². The van der Waals surface area contributed by atoms with Gasteiger partial charge < -0.3 is 23.5 Å². The van der Waals surface area contributed by atoms with Crippen LogP contribution in [0.2, 0.25) is 57.4 Å². The van der Waals surface area contributed by atoms with Gasteiger partial charge in [0.1, 0.15) is 0 Å². The second kappa shape index (κ2) is 17.9. The fraction of sp³-hybridized carbons (Fsp3) is 0.870. The lowest BCUT2D eigenvalue weighted by Gasteiger charge is -2.49. The van der Waals surface area contributed by atoms with Gasteiger partial charge in [-0.3, -0.25) is 0 Å². The number of hydrogen-bond acceptors (Lipinski definition) is 5. The van der Waals surface area contributed by atoms with Gasteiger partial charge in [0.15, 0.2) is 25.0 Å². The lowest BCUT2D eigenvalue weighted by Crippen LogP contribution is -2.55. The molecule has 0 radical (unpaired) electrons. The first-order valence-corrected chi connectivity index (χ1v) is 31.7. The van der Waals surface area contributed by atoms with Crippen LogP contribution in [0.25, 0.3) is 0 Å². The fourth-order valence-corrected chi connectivity index (χ4v) is 17.0. The molecule has 54 heavy (non-hydrogen) atoms. The van der Waals surface area contributed by atoms with Crippen molar-refractivity contribution in [1.82, 2.24) is 0 Å². The van der Waals surface area contributed by atoms with Crippen molar-refractivity contribution in [3.63, 3.8) is 0 Å². The van der Waals surface area contributed by atoms with Crippen LogP contribution in [-0.4, -0.2) is 64.7 Å². The third-order valence-corrected chi connectivity index (χ3v) is 21.2. The number of rotatable bonds is 18. The fourth-order valence-electron chi connectivity index (χ4n) is 10.7. The predicted octanol–water partition coefficient (Wildman–Crippen LogP) is 13.0. The Balaban J connectivity index is 1.97. The molecule has 3 fully saturated rings. The summed E-state index contributed by atoms with van der Waals surface area (Å²) < 4.78 is 21.3. The van der Waals surface area contributed by atoms with Crippen LogP contribution in [0.5, 0.6) is 0 Å². The summed E-state index contributed by atoms with van der Waals surface area (Å²) in [5.74, 6) is 2.39. The van der Waals surface area contributed by atoms with Crippen LogP contribution in [0, 0.1) is 29.1 Å². The van der Waals surface area contributed by atoms with E-state index in [0.717, 1.165) is 36.8 Å². The minimum atomic E-state index is -2.14. The Hall–Kier alpha value is -0.329. The molecule has 2 N–H and O–H groups in total. The van der Waals surface area contributed by atoms with E-state index in [1.165, 1.54) is 38.5 Å². The highest BCUT2D eigenvalue weighted by molar-refractivity contribution is 6.74. The van der Waals surface area contributed by atoms with Gasteiger partial charge >= 0.3 is 0 Å². The maximum Gasteiger partial charge on any atom is 0.193 e. The molecule has 0 unspecified atom stereocenters. The Kier molecular flexibility index (Phi) is 15.9. The Morgan fingerprint density at radius 1 is 0.870 bits per heavy atom. The normalized spacial score (nSPS) is 29.3. The van der Waals surface area contributed by atoms with E-state index in [-0.39, 0.29) is 27.8 Å². The SMILES string of the molecule is C=C1/C(=C/C=C2/CCC[C@]3(C)[C@@H]([C@H](CCCC(C)(C)O[Si](C)(C)C)CC[C@@H](O[Si](C)(C)C(C)(C)C(C)C)C(C)(C)O[Si](C)(C)C)CC[C@@H]23)C[C@@H](O)C[C@@H]1O. The molecule has 0 spiro atoms. The van der Waals surface area contributed by atoms with Gasteiger partial charge in [0.2, 0.25) is 0 Å². The van der Waals surface area contributed by atoms with Gasteiger partial charge in [-0.15, -0.1) is 0 Å². The standard InChI is InChI=1S/C46H88O5Si3/c1-33(2)45(8,9)54(17,18)49-42(44(6,7)51-53(14,15)16)28-25-36(21-19-29-43(4,5)50-52(11,12)13)40-27-26-39-35(22-20-30-46(39,40)10)23-24-37-31-38(47)32-41(48)34(37)3/h23-24,33,36,38-42,47-48H,3,19-22,25-32H2,1-2,4-18H3/b35-23-,37-24+/t36-,38-,39+,40-,41+,42-,46+/m1/s1. The molecule has 0 amide bonds. The quantitative estimate of drug-likeness (QED) is 0.135. The van der Waals surface area contributed by atoms with Crippen LogP contribution in [0.3, 0.4) is 0 Å². The van der Waals surface area contributed by atoms with Gasteiger partial charge in [-0.25, -0.2) is 0 Å². The summed E-state index contributed by atoms with van der Waals surface area (Å²) >= 11 is 0. The first kappa shape index (κ1) is 48.0. The first-order valence-electron chi connectivity index (χ1n) is 21.9. The van der Waals surface area contributed by atoms with Crippen LogP contribution >= 0.6 is 0 Å². The van der Waals surface area contributed by atoms with E-state index < -0.39 is 37.2 Å². The zero-order valence-electron chi connectivity index (χ0n) is 38.5. The van der Waals surface area contributed by atoms with Crippen molar-refractivity contribution < 1.29 is 23.5 Å². The summed E-state index contributed by atoms with van der Waals surface area (Å²) in [5.41, 5.74) is 3.15. The number of hydrogen-bond donors (Lipinski definition) is 2. The van der Waals surface area contributed by atoms with Crippen molar-refractivity contribution in [1.29, 1.82) is 0 Å². The highest BCUT2D eigenvalue weighted by Gasteiger charge is 2.52. The molecule has 3 aliphatic carbocycles. The summed E-state index contributed by atoms with van der Waals surface area (Å²) in [5, 5.41) is 21.0. The number of aliphatic hydroxyl groups excluding tert-OH is 2. The maximum absolute atomic E-state index is 10.5. The van der Waals surface area contributed by atoms with E-state index >= 15 is 0 Å². The number of fused-ring (bicyclic) bond motifs is 1. The lowest BCUT2D eigenvalue weighted by atomic mass is 9.60. The van der Waals surface area contributed by atoms with E-state index in [0.29, 0.717) is 36.5 Å². The van der Waals surface area contributed by atoms with E-state index in [4.69, 9.17) is 13.3 Å². The monoisotopic (exact) mass is 805 g/mol. The van der Waals surface area contributed by atoms with Crippen LogP contribution in [0.4, 0.5) is 0 Å². The van der Waals surface area contributed by atoms with E-state index in [1.807, 2.05) is 0 Å². The van der Waals surface area contributed by atoms with Crippen LogP contribution in [0.15, 0.2) is 35.5 Å². The molecule has 0 aromatic rings. The summed E-state index contributed by atoms with van der Waals surface area (Å²) in [6.07, 6.45) is 16.3. The van der Waals surface area contributed by atoms with Crippen molar-refractivity contribution in [2.24, 2.45) is 29.1 Å². The highest BCUT2D eigenvalue weighted by atomic mass is 28.4. The molecule has 3 rings (SSSR count). The van der Waals surface area contributed by atoms with Crippen molar-refractivity contribution in [2.45, 2.75) is 226 Å². The molecule has 8 heteroatoms. The van der Waals surface area contributed by atoms with Crippen molar-refractivity contribution >= 4 is 25.0 Å². The molecule has 5 nitrogen and oxygen atoms in total. The summed E-state index contributed by atoms with van der Waals surface area (Å²) in [7, 11) is -5.63. The highest BCUT2D eigenvalue weighted by Crippen LogP contribution is 2.61. The third-order valence-electron chi connectivity index (χ3n) is 14.4. The summed E-state index contributed by atoms with van der Waals surface area (Å²) in [4.78, 5) is 0. The van der Waals surface area contributed by atoms with E-state index in [9.17, 15) is 10.2 Å². The molecule has 314 valence electrons. The predicted molar refractivity (Wildman–Crippen MR) is 240 cm³/mol. The molecular weight excluding hydrogens is 717 g/mol. The average molecular weight is 805 g/mol. The number of aliphatic hydroxyl groups is 2. The second-order valence-corrected chi connectivity index (χ2v) is 36.1. The molecule has 0 aromatic heterocycles. The second-order valence-electron chi connectivity index (χ2n) is 22.7. The Bertz CT molecular complexity index is 1320. The van der Waals surface area contributed by atoms with Gasteiger partial charge in [0.25, 0.3) is 0 Å². The molecule has 0 aliphatic heterocycles. The Morgan fingerprint density at radius 3 is 2.06 bits per heavy atom. The van der Waals surface area contributed by atoms with Crippen molar-refractivity contribution in [3.05, 3.63) is 35.5 Å². The maximum atomic E-state index is 10.5. The van der Waals surface area contributed by atoms with Crippen molar-refractivity contribution in [2.75, 3.05) is 0 Å². The van der Waals surface area contributed by atoms with Crippen LogP contribution in [-0.2, 0) is 13.3 Å². The van der Waals surface area contributed by atoms with Crippen LogP contribution in [0.1, 0.15) is 139 Å². The Labute approximate surface area is 338 Å². The molecule has 3 aliphatic rings. The minimum absolute atomic E-state index is 0.0471. The molecule has 3 saturated carbocycles. The molecule has 0 bridgehead atoms. The smallest absolute Gasteiger partial charge is 0.193 e. The largest absolute Gasteiger partial charge is 0.413 e. The zero-order valence-corrected chi connectivity index (χ0v) is 41.5. The summed E-state index contributed by atoms with van der Waals surface area (Å²) in [6.45, 7) is 44.4. The van der Waals surface area contributed by atoms with E-state index in [2.05, 4.69) is 133 Å². The number of allylic oxidation sites excluding steroid dienone is 3. The summed E-state index contributed by atoms with van der Waals surface area (Å²) in [6, 6.07) is 0. The van der Waals surface area contributed by atoms with Gasteiger partial charge in [0, 0.05) is 6.42 Å². The minimum Gasteiger partial charge on any atom is -0.413 e. The van der Waals surface area contributed by atoms with Crippen molar-refractivity contribution in [3.8, 4) is 0 Å². The molecule has 0 saturated heterocycles. The molecular formula is C46H88O5Si3. The topological polar surface area (TPSA) is 68.2 Å². The van der Waals surface area contributed by atoms with Gasteiger partial charge in [0.05, 0.1) is 29.5 Å². The third kappa shape index (κ3) is 12.6. The van der Waals surface area contributed by atoms with Gasteiger partial charge in [-0.1, -0.05) is 71.8 Å². The zero-order chi connectivity index (χ0) is 41.3. The average Bonchev–Trinajstić information content (AvgIpc) is 3.33. The lowest BCUT2D eigenvalue weighted by molar-refractivity contribution is -0.0373. The van der Waals surface area contributed by atoms with E-state index in [1.54, 1.807) is 5.57 Å². The Morgan fingerprint density at radius 2 is 1.48 bits per heavy atom. The first-order chi connectivity index (χ1) is 24.4. The molecule has 0 heterocycles. The van der Waals surface area contributed by atoms with Crippen LogP contribution < -0.4 is 0 Å². The van der Waals surface area contributed by atoms with Gasteiger partial charge in [-0.05, 0) is 183 Å². The molecule has 7 atom stereocenters.